The fourth-order valence-corrected chi connectivity index (χ4v) is 0.379. The summed E-state index contributed by atoms with van der Waals surface area (Å²) in [5.74, 6) is -0.294. The second-order valence-electron chi connectivity index (χ2n) is 1.87. The van der Waals surface area contributed by atoms with E-state index in [1.807, 2.05) is 0 Å². The van der Waals surface area contributed by atoms with Crippen molar-refractivity contribution in [2.45, 2.75) is 13.8 Å². The molecule has 0 bridgehead atoms. The van der Waals surface area contributed by atoms with Crippen molar-refractivity contribution in [3.63, 3.8) is 0 Å². The SMILES string of the molecule is CC(C)=CC(=O)/C=N\O. The molecule has 0 aromatic carbocycles. The molecule has 0 aliphatic carbocycles. The summed E-state index contributed by atoms with van der Waals surface area (Å²) in [6.45, 7) is 3.59. The summed E-state index contributed by atoms with van der Waals surface area (Å²) in [4.78, 5) is 10.5. The molecule has 50 valence electrons. The highest BCUT2D eigenvalue weighted by atomic mass is 16.4. The molecule has 0 spiro atoms. The van der Waals surface area contributed by atoms with Crippen molar-refractivity contribution >= 4 is 12.0 Å². The van der Waals surface area contributed by atoms with E-state index in [0.717, 1.165) is 11.8 Å². The maximum Gasteiger partial charge on any atom is 0.200 e. The van der Waals surface area contributed by atoms with Gasteiger partial charge in [-0.1, -0.05) is 10.7 Å². The predicted molar refractivity (Wildman–Crippen MR) is 34.7 cm³/mol. The van der Waals surface area contributed by atoms with E-state index < -0.39 is 0 Å². The van der Waals surface area contributed by atoms with Crippen LogP contribution in [0.25, 0.3) is 0 Å². The molecule has 0 aliphatic heterocycles. The minimum atomic E-state index is -0.294. The zero-order chi connectivity index (χ0) is 7.28. The lowest BCUT2D eigenvalue weighted by atomic mass is 10.3. The highest BCUT2D eigenvalue weighted by Gasteiger charge is 1.88. The molecule has 0 rings (SSSR count). The molecule has 9 heavy (non-hydrogen) atoms. The van der Waals surface area contributed by atoms with E-state index in [2.05, 4.69) is 5.16 Å². The molecule has 3 nitrogen and oxygen atoms in total. The zero-order valence-electron chi connectivity index (χ0n) is 5.46. The summed E-state index contributed by atoms with van der Waals surface area (Å²) in [6.07, 6.45) is 2.24. The maximum atomic E-state index is 10.5. The second kappa shape index (κ2) is 3.83. The van der Waals surface area contributed by atoms with Crippen LogP contribution >= 0.6 is 0 Å². The lowest BCUT2D eigenvalue weighted by Gasteiger charge is -1.82. The van der Waals surface area contributed by atoms with Crippen molar-refractivity contribution in [1.82, 2.24) is 0 Å². The largest absolute Gasteiger partial charge is 0.411 e. The Morgan fingerprint density at radius 3 is 2.44 bits per heavy atom. The third-order valence-electron chi connectivity index (χ3n) is 0.616. The van der Waals surface area contributed by atoms with E-state index in [0.29, 0.717) is 0 Å². The van der Waals surface area contributed by atoms with Crippen LogP contribution < -0.4 is 0 Å². The Labute approximate surface area is 53.7 Å². The fraction of sp³-hybridized carbons (Fsp3) is 0.333. The molecular weight excluding hydrogens is 118 g/mol. The van der Waals surface area contributed by atoms with Gasteiger partial charge < -0.3 is 5.21 Å². The molecule has 0 aliphatic rings. The average Bonchev–Trinajstić information content (AvgIpc) is 1.63. The Morgan fingerprint density at radius 1 is 1.56 bits per heavy atom. The Hall–Kier alpha value is -1.12. The van der Waals surface area contributed by atoms with Crippen molar-refractivity contribution in [2.24, 2.45) is 5.16 Å². The van der Waals surface area contributed by atoms with Gasteiger partial charge in [0.15, 0.2) is 5.78 Å². The first-order valence-electron chi connectivity index (χ1n) is 2.53. The van der Waals surface area contributed by atoms with Gasteiger partial charge in [0, 0.05) is 0 Å². The molecule has 0 saturated heterocycles. The smallest absolute Gasteiger partial charge is 0.200 e. The third-order valence-corrected chi connectivity index (χ3v) is 0.616. The van der Waals surface area contributed by atoms with Crippen molar-refractivity contribution < 1.29 is 10.0 Å². The van der Waals surface area contributed by atoms with E-state index in [4.69, 9.17) is 5.21 Å². The molecule has 0 heterocycles. The van der Waals surface area contributed by atoms with Gasteiger partial charge in [-0.05, 0) is 19.9 Å². The summed E-state index contributed by atoms with van der Waals surface area (Å²) in [6, 6.07) is 0. The van der Waals surface area contributed by atoms with Crippen molar-refractivity contribution in [3.05, 3.63) is 11.6 Å². The van der Waals surface area contributed by atoms with Gasteiger partial charge in [0.05, 0.1) is 0 Å². The van der Waals surface area contributed by atoms with Gasteiger partial charge in [0.25, 0.3) is 0 Å². The molecule has 0 aromatic rings. The van der Waals surface area contributed by atoms with E-state index in [1.165, 1.54) is 6.08 Å². The fourth-order valence-electron chi connectivity index (χ4n) is 0.379. The number of oxime groups is 1. The van der Waals surface area contributed by atoms with Crippen molar-refractivity contribution in [1.29, 1.82) is 0 Å². The zero-order valence-corrected chi connectivity index (χ0v) is 5.46. The lowest BCUT2D eigenvalue weighted by Crippen LogP contribution is -1.93. The second-order valence-corrected chi connectivity index (χ2v) is 1.87. The number of allylic oxidation sites excluding steroid dienone is 2. The summed E-state index contributed by atoms with van der Waals surface area (Å²) in [7, 11) is 0. The van der Waals surface area contributed by atoms with Crippen molar-refractivity contribution in [2.75, 3.05) is 0 Å². The third kappa shape index (κ3) is 4.74. The predicted octanol–water partition coefficient (Wildman–Crippen LogP) is 0.982. The Kier molecular flexibility index (Phi) is 3.35. The molecule has 0 saturated carbocycles. The first kappa shape index (κ1) is 7.88. The molecule has 0 amide bonds. The normalized spacial score (nSPS) is 9.56. The van der Waals surface area contributed by atoms with Gasteiger partial charge >= 0.3 is 0 Å². The van der Waals surface area contributed by atoms with Crippen LogP contribution in [0.4, 0.5) is 0 Å². The van der Waals surface area contributed by atoms with Crippen LogP contribution in [0.5, 0.6) is 0 Å². The summed E-state index contributed by atoms with van der Waals surface area (Å²) in [5, 5.41) is 10.4. The number of nitrogens with zero attached hydrogens (tertiary/aromatic N) is 1. The van der Waals surface area contributed by atoms with Crippen LogP contribution in [0.2, 0.25) is 0 Å². The number of rotatable bonds is 2. The molecule has 0 atom stereocenters. The van der Waals surface area contributed by atoms with Gasteiger partial charge in [0.1, 0.15) is 6.21 Å². The maximum absolute atomic E-state index is 10.5. The van der Waals surface area contributed by atoms with E-state index >= 15 is 0 Å². The number of hydrogen-bond donors (Lipinski definition) is 1. The monoisotopic (exact) mass is 127 g/mol. The molecule has 0 fully saturated rings. The quantitative estimate of drug-likeness (QED) is 0.260. The van der Waals surface area contributed by atoms with Gasteiger partial charge in [-0.15, -0.1) is 0 Å². The van der Waals surface area contributed by atoms with Crippen molar-refractivity contribution in [3.8, 4) is 0 Å². The van der Waals surface area contributed by atoms with Gasteiger partial charge in [-0.3, -0.25) is 4.79 Å². The highest BCUT2D eigenvalue weighted by molar-refractivity contribution is 6.32. The summed E-state index contributed by atoms with van der Waals surface area (Å²) >= 11 is 0. The summed E-state index contributed by atoms with van der Waals surface area (Å²) < 4.78 is 0. The molecule has 1 N–H and O–H groups in total. The average molecular weight is 127 g/mol. The van der Waals surface area contributed by atoms with Crippen LogP contribution in [0.15, 0.2) is 16.8 Å². The molecule has 0 radical (unpaired) electrons. The number of hydrogen-bond acceptors (Lipinski definition) is 3. The highest BCUT2D eigenvalue weighted by Crippen LogP contribution is 1.86. The Balaban J connectivity index is 3.93. The molecule has 0 unspecified atom stereocenters. The van der Waals surface area contributed by atoms with E-state index in [9.17, 15) is 4.79 Å². The van der Waals surface area contributed by atoms with E-state index in [-0.39, 0.29) is 5.78 Å². The van der Waals surface area contributed by atoms with Crippen LogP contribution in [-0.4, -0.2) is 17.2 Å². The Morgan fingerprint density at radius 2 is 2.11 bits per heavy atom. The first-order chi connectivity index (χ1) is 4.16. The minimum Gasteiger partial charge on any atom is -0.411 e. The molecule has 0 aromatic heterocycles. The minimum absolute atomic E-state index is 0.294. The molecule has 3 heteroatoms. The van der Waals surface area contributed by atoms with Crippen LogP contribution in [0.3, 0.4) is 0 Å². The lowest BCUT2D eigenvalue weighted by molar-refractivity contribution is -0.108. The van der Waals surface area contributed by atoms with E-state index in [1.54, 1.807) is 13.8 Å². The number of ketones is 1. The number of carbonyl (C=O) groups is 1. The molecular formula is C6H9NO2. The Bertz CT molecular complexity index is 154. The summed E-state index contributed by atoms with van der Waals surface area (Å²) in [5.41, 5.74) is 0.889. The first-order valence-corrected chi connectivity index (χ1v) is 2.53. The standard InChI is InChI=1S/C6H9NO2/c1-5(2)3-6(8)4-7-9/h3-4,9H,1-2H3/b7-4-. The topological polar surface area (TPSA) is 49.7 Å². The van der Waals surface area contributed by atoms with Crippen LogP contribution in [0.1, 0.15) is 13.8 Å². The van der Waals surface area contributed by atoms with Gasteiger partial charge in [-0.2, -0.15) is 0 Å². The van der Waals surface area contributed by atoms with Gasteiger partial charge in [-0.25, -0.2) is 0 Å². The van der Waals surface area contributed by atoms with Crippen LogP contribution in [-0.2, 0) is 4.79 Å². The number of carbonyl (C=O) groups excluding carboxylic acids is 1. The van der Waals surface area contributed by atoms with Gasteiger partial charge in [0.2, 0.25) is 0 Å². The van der Waals surface area contributed by atoms with Crippen LogP contribution in [0, 0.1) is 0 Å².